The summed E-state index contributed by atoms with van der Waals surface area (Å²) in [5, 5.41) is 9.10. The topological polar surface area (TPSA) is 79.9 Å². The van der Waals surface area contributed by atoms with E-state index in [2.05, 4.69) is 36.4 Å². The number of rotatable bonds is 3. The zero-order chi connectivity index (χ0) is 13.1. The van der Waals surface area contributed by atoms with Crippen LogP contribution in [0.4, 0.5) is 5.95 Å². The van der Waals surface area contributed by atoms with E-state index in [9.17, 15) is 4.79 Å². The summed E-state index contributed by atoms with van der Waals surface area (Å²) in [4.78, 5) is 15.8. The van der Waals surface area contributed by atoms with Crippen LogP contribution in [0.2, 0.25) is 5.02 Å². The molecule has 0 fully saturated rings. The van der Waals surface area contributed by atoms with Gasteiger partial charge in [-0.05, 0) is 18.2 Å². The second kappa shape index (κ2) is 5.36. The van der Waals surface area contributed by atoms with Gasteiger partial charge in [-0.25, -0.2) is 5.10 Å². The Morgan fingerprint density at radius 2 is 2.33 bits per heavy atom. The molecule has 0 bridgehead atoms. The number of aromatic amines is 1. The highest BCUT2D eigenvalue weighted by atomic mass is 79.9. The van der Waals surface area contributed by atoms with Gasteiger partial charge < -0.3 is 4.74 Å². The van der Waals surface area contributed by atoms with E-state index in [4.69, 9.17) is 16.3 Å². The average Bonchev–Trinajstić information content (AvgIpc) is 2.80. The Morgan fingerprint density at radius 1 is 1.56 bits per heavy atom. The molecule has 2 aromatic rings. The Bertz CT molecular complexity index is 587. The summed E-state index contributed by atoms with van der Waals surface area (Å²) in [6, 6.07) is 5.13. The molecule has 0 radical (unpaired) electrons. The first-order valence-corrected chi connectivity index (χ1v) is 6.00. The van der Waals surface area contributed by atoms with Gasteiger partial charge in [0, 0.05) is 4.47 Å². The third-order valence-electron chi connectivity index (χ3n) is 2.05. The quantitative estimate of drug-likeness (QED) is 0.905. The minimum absolute atomic E-state index is 0.144. The maximum absolute atomic E-state index is 11.9. The van der Waals surface area contributed by atoms with Crippen molar-refractivity contribution < 1.29 is 9.53 Å². The van der Waals surface area contributed by atoms with Gasteiger partial charge in [-0.1, -0.05) is 27.5 Å². The van der Waals surface area contributed by atoms with Gasteiger partial charge in [0.1, 0.15) is 0 Å². The molecule has 1 aromatic heterocycles. The lowest BCUT2D eigenvalue weighted by molar-refractivity contribution is 0.102. The van der Waals surface area contributed by atoms with Gasteiger partial charge in [-0.2, -0.15) is 4.98 Å². The number of carbonyl (C=O) groups is 1. The molecule has 18 heavy (non-hydrogen) atoms. The highest BCUT2D eigenvalue weighted by Gasteiger charge is 2.13. The Balaban J connectivity index is 2.19. The number of nitrogens with zero attached hydrogens (tertiary/aromatic N) is 2. The van der Waals surface area contributed by atoms with E-state index in [-0.39, 0.29) is 17.9 Å². The van der Waals surface area contributed by atoms with Gasteiger partial charge in [0.15, 0.2) is 0 Å². The molecule has 0 aliphatic heterocycles. The molecular weight excluding hydrogens is 323 g/mol. The number of amides is 1. The molecule has 0 aliphatic rings. The second-order valence-electron chi connectivity index (χ2n) is 3.25. The van der Waals surface area contributed by atoms with Crippen molar-refractivity contribution in [1.29, 1.82) is 0 Å². The molecule has 1 aromatic carbocycles. The van der Waals surface area contributed by atoms with Crippen LogP contribution in [0.1, 0.15) is 10.4 Å². The van der Waals surface area contributed by atoms with E-state index < -0.39 is 0 Å². The molecule has 0 atom stereocenters. The van der Waals surface area contributed by atoms with Crippen molar-refractivity contribution in [2.75, 3.05) is 12.4 Å². The summed E-state index contributed by atoms with van der Waals surface area (Å²) in [5.41, 5.74) is 0.335. The molecule has 0 spiro atoms. The van der Waals surface area contributed by atoms with Gasteiger partial charge in [0.25, 0.3) is 5.91 Å². The molecular formula is C10H8BrClN4O2. The molecule has 1 amide bonds. The molecule has 0 saturated heterocycles. The number of anilines is 1. The van der Waals surface area contributed by atoms with Crippen LogP contribution in [0, 0.1) is 0 Å². The molecule has 2 rings (SSSR count). The number of hydrogen-bond donors (Lipinski definition) is 2. The molecule has 8 heteroatoms. The highest BCUT2D eigenvalue weighted by molar-refractivity contribution is 9.10. The van der Waals surface area contributed by atoms with Crippen molar-refractivity contribution in [3.05, 3.63) is 33.3 Å². The fraction of sp³-hybridized carbons (Fsp3) is 0.100. The average molecular weight is 332 g/mol. The minimum Gasteiger partial charge on any atom is -0.466 e. The van der Waals surface area contributed by atoms with Crippen LogP contribution < -0.4 is 10.1 Å². The number of halogens is 2. The largest absolute Gasteiger partial charge is 0.466 e. The van der Waals surface area contributed by atoms with E-state index in [0.717, 1.165) is 4.47 Å². The van der Waals surface area contributed by atoms with Crippen molar-refractivity contribution in [2.45, 2.75) is 0 Å². The number of methoxy groups -OCH3 is 1. The number of hydrogen-bond acceptors (Lipinski definition) is 4. The molecule has 6 nitrogen and oxygen atoms in total. The number of nitrogens with one attached hydrogen (secondary N) is 2. The van der Waals surface area contributed by atoms with Crippen LogP contribution in [-0.2, 0) is 0 Å². The molecule has 1 heterocycles. The number of benzene rings is 1. The Kier molecular flexibility index (Phi) is 3.83. The van der Waals surface area contributed by atoms with E-state index in [1.165, 1.54) is 7.11 Å². The molecule has 94 valence electrons. The fourth-order valence-corrected chi connectivity index (χ4v) is 1.80. The second-order valence-corrected chi connectivity index (χ2v) is 4.57. The molecule has 0 unspecified atom stereocenters. The van der Waals surface area contributed by atoms with Crippen molar-refractivity contribution in [3.63, 3.8) is 0 Å². The lowest BCUT2D eigenvalue weighted by atomic mass is 10.2. The van der Waals surface area contributed by atoms with Crippen LogP contribution in [0.25, 0.3) is 0 Å². The Morgan fingerprint density at radius 3 is 3.00 bits per heavy atom. The Labute approximate surface area is 116 Å². The third kappa shape index (κ3) is 2.80. The third-order valence-corrected chi connectivity index (χ3v) is 2.88. The monoisotopic (exact) mass is 330 g/mol. The number of aromatic nitrogens is 3. The maximum Gasteiger partial charge on any atom is 0.336 e. The van der Waals surface area contributed by atoms with E-state index in [0.29, 0.717) is 10.6 Å². The first-order chi connectivity index (χ1) is 8.60. The van der Waals surface area contributed by atoms with E-state index in [1.807, 2.05) is 0 Å². The van der Waals surface area contributed by atoms with E-state index in [1.54, 1.807) is 18.2 Å². The van der Waals surface area contributed by atoms with Gasteiger partial charge in [0.05, 0.1) is 17.7 Å². The summed E-state index contributed by atoms with van der Waals surface area (Å²) < 4.78 is 5.54. The fourth-order valence-electron chi connectivity index (χ4n) is 1.24. The molecule has 2 N–H and O–H groups in total. The summed E-state index contributed by atoms with van der Waals surface area (Å²) in [5.74, 6) is -0.201. The first kappa shape index (κ1) is 12.8. The summed E-state index contributed by atoms with van der Waals surface area (Å²) in [6.07, 6.45) is 0. The van der Waals surface area contributed by atoms with Crippen LogP contribution in [0.3, 0.4) is 0 Å². The predicted octanol–water partition coefficient (Wildman–Crippen LogP) is 2.48. The van der Waals surface area contributed by atoms with Crippen molar-refractivity contribution in [2.24, 2.45) is 0 Å². The lowest BCUT2D eigenvalue weighted by Crippen LogP contribution is -2.13. The van der Waals surface area contributed by atoms with Crippen LogP contribution in [0.5, 0.6) is 6.01 Å². The molecule has 0 aliphatic carbocycles. The first-order valence-electron chi connectivity index (χ1n) is 4.83. The standard InChI is InChI=1S/C10H8BrClN4O2/c1-18-10-14-9(15-16-10)13-8(17)6-4-5(11)2-3-7(6)12/h2-4H,1H3,(H2,13,14,15,16,17). The van der Waals surface area contributed by atoms with Gasteiger partial charge >= 0.3 is 6.01 Å². The zero-order valence-electron chi connectivity index (χ0n) is 9.20. The highest BCUT2D eigenvalue weighted by Crippen LogP contribution is 2.21. The zero-order valence-corrected chi connectivity index (χ0v) is 11.5. The summed E-state index contributed by atoms with van der Waals surface area (Å²) >= 11 is 9.21. The number of carbonyl (C=O) groups excluding carboxylic acids is 1. The van der Waals surface area contributed by atoms with Crippen molar-refractivity contribution in [3.8, 4) is 6.01 Å². The van der Waals surface area contributed by atoms with Crippen LogP contribution in [-0.4, -0.2) is 28.2 Å². The van der Waals surface area contributed by atoms with Crippen molar-refractivity contribution in [1.82, 2.24) is 15.2 Å². The maximum atomic E-state index is 11.9. The summed E-state index contributed by atoms with van der Waals surface area (Å²) in [6.45, 7) is 0. The van der Waals surface area contributed by atoms with Gasteiger partial charge in [0.2, 0.25) is 5.95 Å². The van der Waals surface area contributed by atoms with Crippen LogP contribution in [0.15, 0.2) is 22.7 Å². The van der Waals surface area contributed by atoms with Crippen molar-refractivity contribution >= 4 is 39.4 Å². The number of ether oxygens (including phenoxy) is 1. The molecule has 0 saturated carbocycles. The van der Waals surface area contributed by atoms with Crippen LogP contribution >= 0.6 is 27.5 Å². The number of H-pyrrole nitrogens is 1. The normalized spacial score (nSPS) is 10.2. The minimum atomic E-state index is -0.389. The smallest absolute Gasteiger partial charge is 0.336 e. The van der Waals surface area contributed by atoms with Gasteiger partial charge in [-0.15, -0.1) is 5.10 Å². The summed E-state index contributed by atoms with van der Waals surface area (Å²) in [7, 11) is 1.43. The van der Waals surface area contributed by atoms with Gasteiger partial charge in [-0.3, -0.25) is 10.1 Å². The Hall–Kier alpha value is -1.60. The van der Waals surface area contributed by atoms with E-state index >= 15 is 0 Å². The SMILES string of the molecule is COc1n[nH]c(NC(=O)c2cc(Br)ccc2Cl)n1. The predicted molar refractivity (Wildman–Crippen MR) is 70.0 cm³/mol. The lowest BCUT2D eigenvalue weighted by Gasteiger charge is -2.04.